The molecule has 0 saturated carbocycles. The summed E-state index contributed by atoms with van der Waals surface area (Å²) in [5.74, 6) is 0.493. The van der Waals surface area contributed by atoms with Gasteiger partial charge in [-0.25, -0.2) is 0 Å². The average Bonchev–Trinajstić information content (AvgIpc) is 3.17. The fourth-order valence-corrected chi connectivity index (χ4v) is 2.84. The number of nitrogens with one attached hydrogen (secondary N) is 2. The molecular formula is C15H17ClN4O2S. The summed E-state index contributed by atoms with van der Waals surface area (Å²) < 4.78 is 7.57. The molecule has 0 bridgehead atoms. The zero-order valence-electron chi connectivity index (χ0n) is 12.4. The highest BCUT2D eigenvalue weighted by Crippen LogP contribution is 2.20. The van der Waals surface area contributed by atoms with E-state index in [0.717, 1.165) is 25.0 Å². The lowest BCUT2D eigenvalue weighted by Crippen LogP contribution is -2.34. The topological polar surface area (TPSA) is 71.9 Å². The zero-order valence-corrected chi connectivity index (χ0v) is 14.0. The molecule has 2 aromatic rings. The molecular weight excluding hydrogens is 336 g/mol. The maximum atomic E-state index is 12.2. The van der Waals surface area contributed by atoms with Crippen molar-refractivity contribution < 1.29 is 9.53 Å². The first-order valence-electron chi connectivity index (χ1n) is 7.43. The summed E-state index contributed by atoms with van der Waals surface area (Å²) >= 11 is 11.1. The van der Waals surface area contributed by atoms with Crippen molar-refractivity contribution in [3.8, 4) is 11.4 Å². The number of aromatic amines is 1. The smallest absolute Gasteiger partial charge is 0.240 e. The molecule has 0 spiro atoms. The van der Waals surface area contributed by atoms with Gasteiger partial charge in [-0.05, 0) is 49.3 Å². The van der Waals surface area contributed by atoms with Crippen molar-refractivity contribution in [2.24, 2.45) is 0 Å². The number of hydrogen-bond acceptors (Lipinski definition) is 4. The van der Waals surface area contributed by atoms with E-state index < -0.39 is 0 Å². The van der Waals surface area contributed by atoms with Crippen molar-refractivity contribution in [1.82, 2.24) is 20.1 Å². The summed E-state index contributed by atoms with van der Waals surface area (Å²) in [5, 5.41) is 10.5. The third kappa shape index (κ3) is 3.99. The zero-order chi connectivity index (χ0) is 16.2. The summed E-state index contributed by atoms with van der Waals surface area (Å²) in [6.07, 6.45) is 2.15. The van der Waals surface area contributed by atoms with Gasteiger partial charge in [-0.15, -0.1) is 0 Å². The Bertz CT molecular complexity index is 735. The van der Waals surface area contributed by atoms with E-state index in [0.29, 0.717) is 22.2 Å². The monoisotopic (exact) mass is 352 g/mol. The maximum Gasteiger partial charge on any atom is 0.240 e. The van der Waals surface area contributed by atoms with Crippen LogP contribution in [0.3, 0.4) is 0 Å². The number of nitrogens with zero attached hydrogens (tertiary/aromatic N) is 2. The van der Waals surface area contributed by atoms with Crippen LogP contribution < -0.4 is 5.32 Å². The predicted molar refractivity (Wildman–Crippen MR) is 89.8 cm³/mol. The number of H-pyrrole nitrogens is 1. The number of rotatable bonds is 5. The third-order valence-corrected chi connectivity index (χ3v) is 4.28. The molecule has 2 N–H and O–H groups in total. The Morgan fingerprint density at radius 1 is 1.48 bits per heavy atom. The van der Waals surface area contributed by atoms with E-state index in [1.807, 2.05) is 12.1 Å². The number of ether oxygens (including phenoxy) is 1. The van der Waals surface area contributed by atoms with Gasteiger partial charge in [-0.2, -0.15) is 5.10 Å². The van der Waals surface area contributed by atoms with Crippen molar-refractivity contribution >= 4 is 29.7 Å². The molecule has 122 valence electrons. The number of carbonyl (C=O) groups excluding carboxylic acids is 1. The summed E-state index contributed by atoms with van der Waals surface area (Å²) in [5.41, 5.74) is 0.841. The SMILES string of the molecule is O=C(Cn1c(-c2ccc(Cl)cc2)n[nH]c1=S)NCC1CCCO1. The van der Waals surface area contributed by atoms with Crippen LogP contribution in [-0.2, 0) is 16.1 Å². The second-order valence-corrected chi connectivity index (χ2v) is 6.21. The second kappa shape index (κ2) is 7.25. The molecule has 1 atom stereocenters. The Labute approximate surface area is 143 Å². The van der Waals surface area contributed by atoms with Gasteiger partial charge in [0.05, 0.1) is 6.10 Å². The van der Waals surface area contributed by atoms with Crippen LogP contribution in [0, 0.1) is 4.77 Å². The van der Waals surface area contributed by atoms with Crippen molar-refractivity contribution in [2.75, 3.05) is 13.2 Å². The highest BCUT2D eigenvalue weighted by molar-refractivity contribution is 7.71. The minimum Gasteiger partial charge on any atom is -0.376 e. The van der Waals surface area contributed by atoms with E-state index in [1.165, 1.54) is 0 Å². The lowest BCUT2D eigenvalue weighted by Gasteiger charge is -2.12. The minimum atomic E-state index is -0.117. The van der Waals surface area contributed by atoms with E-state index in [2.05, 4.69) is 15.5 Å². The Balaban J connectivity index is 1.69. The van der Waals surface area contributed by atoms with Gasteiger partial charge in [-0.3, -0.25) is 14.5 Å². The number of benzene rings is 1. The van der Waals surface area contributed by atoms with E-state index in [-0.39, 0.29) is 18.6 Å². The van der Waals surface area contributed by atoms with E-state index in [1.54, 1.807) is 16.7 Å². The first kappa shape index (κ1) is 16.2. The Morgan fingerprint density at radius 3 is 2.96 bits per heavy atom. The predicted octanol–water partition coefficient (Wildman–Crippen LogP) is 2.56. The minimum absolute atomic E-state index is 0.111. The summed E-state index contributed by atoms with van der Waals surface area (Å²) in [4.78, 5) is 12.2. The average molecular weight is 353 g/mol. The number of halogens is 1. The fourth-order valence-electron chi connectivity index (χ4n) is 2.52. The number of carbonyl (C=O) groups is 1. The van der Waals surface area contributed by atoms with Gasteiger partial charge >= 0.3 is 0 Å². The molecule has 1 aromatic heterocycles. The molecule has 6 nitrogen and oxygen atoms in total. The van der Waals surface area contributed by atoms with E-state index in [9.17, 15) is 4.79 Å². The first-order chi connectivity index (χ1) is 11.1. The van der Waals surface area contributed by atoms with Crippen molar-refractivity contribution in [1.29, 1.82) is 0 Å². The fraction of sp³-hybridized carbons (Fsp3) is 0.400. The molecule has 1 amide bonds. The highest BCUT2D eigenvalue weighted by Gasteiger charge is 2.17. The summed E-state index contributed by atoms with van der Waals surface area (Å²) in [6, 6.07) is 7.23. The molecule has 1 aliphatic rings. The van der Waals surface area contributed by atoms with E-state index in [4.69, 9.17) is 28.6 Å². The number of aromatic nitrogens is 3. The van der Waals surface area contributed by atoms with Crippen LogP contribution in [0.5, 0.6) is 0 Å². The third-order valence-electron chi connectivity index (χ3n) is 3.71. The lowest BCUT2D eigenvalue weighted by molar-refractivity contribution is -0.122. The molecule has 0 aliphatic carbocycles. The molecule has 1 saturated heterocycles. The summed E-state index contributed by atoms with van der Waals surface area (Å²) in [6.45, 7) is 1.41. The maximum absolute atomic E-state index is 12.2. The van der Waals surface area contributed by atoms with Gasteiger partial charge in [0.1, 0.15) is 6.54 Å². The molecule has 23 heavy (non-hydrogen) atoms. The normalized spacial score (nSPS) is 17.3. The number of amides is 1. The molecule has 1 fully saturated rings. The number of hydrogen-bond donors (Lipinski definition) is 2. The Hall–Kier alpha value is -1.70. The molecule has 1 aromatic carbocycles. The largest absolute Gasteiger partial charge is 0.376 e. The molecule has 1 unspecified atom stereocenters. The van der Waals surface area contributed by atoms with Gasteiger partial charge in [0.15, 0.2) is 10.6 Å². The van der Waals surface area contributed by atoms with Gasteiger partial charge in [0.2, 0.25) is 5.91 Å². The van der Waals surface area contributed by atoms with Gasteiger partial charge in [-0.1, -0.05) is 11.6 Å². The van der Waals surface area contributed by atoms with Crippen LogP contribution in [0.1, 0.15) is 12.8 Å². The van der Waals surface area contributed by atoms with Crippen molar-refractivity contribution in [3.05, 3.63) is 34.1 Å². The van der Waals surface area contributed by atoms with Crippen LogP contribution in [0.2, 0.25) is 5.02 Å². The highest BCUT2D eigenvalue weighted by atomic mass is 35.5. The standard InChI is InChI=1S/C15H17ClN4O2S/c16-11-5-3-10(4-6-11)14-18-19-15(23)20(14)9-13(21)17-8-12-2-1-7-22-12/h3-6,12H,1-2,7-9H2,(H,17,21)(H,19,23). The molecule has 3 rings (SSSR count). The van der Waals surface area contributed by atoms with Gasteiger partial charge in [0.25, 0.3) is 0 Å². The Kier molecular flexibility index (Phi) is 5.09. The van der Waals surface area contributed by atoms with E-state index >= 15 is 0 Å². The molecule has 2 heterocycles. The van der Waals surface area contributed by atoms with Crippen LogP contribution in [-0.4, -0.2) is 39.9 Å². The van der Waals surface area contributed by atoms with Crippen LogP contribution in [0.15, 0.2) is 24.3 Å². The van der Waals surface area contributed by atoms with Crippen LogP contribution in [0.4, 0.5) is 0 Å². The lowest BCUT2D eigenvalue weighted by atomic mass is 10.2. The summed E-state index contributed by atoms with van der Waals surface area (Å²) in [7, 11) is 0. The van der Waals surface area contributed by atoms with Crippen LogP contribution in [0.25, 0.3) is 11.4 Å². The quantitative estimate of drug-likeness (QED) is 0.811. The van der Waals surface area contributed by atoms with Crippen LogP contribution >= 0.6 is 23.8 Å². The van der Waals surface area contributed by atoms with Crippen molar-refractivity contribution in [2.45, 2.75) is 25.5 Å². The molecule has 8 heteroatoms. The molecule has 0 radical (unpaired) electrons. The van der Waals surface area contributed by atoms with Gasteiger partial charge in [0, 0.05) is 23.7 Å². The Morgan fingerprint density at radius 2 is 2.26 bits per heavy atom. The second-order valence-electron chi connectivity index (χ2n) is 5.38. The van der Waals surface area contributed by atoms with Gasteiger partial charge < -0.3 is 10.1 Å². The van der Waals surface area contributed by atoms with Crippen molar-refractivity contribution in [3.63, 3.8) is 0 Å². The first-order valence-corrected chi connectivity index (χ1v) is 8.21. The molecule has 1 aliphatic heterocycles.